The number of nitrogens with one attached hydrogen (secondary N) is 1. The van der Waals surface area contributed by atoms with Gasteiger partial charge in [-0.2, -0.15) is 0 Å². The lowest BCUT2D eigenvalue weighted by molar-refractivity contribution is 0.154. The summed E-state index contributed by atoms with van der Waals surface area (Å²) in [7, 11) is 0. The van der Waals surface area contributed by atoms with Gasteiger partial charge < -0.3 is 5.32 Å². The summed E-state index contributed by atoms with van der Waals surface area (Å²) in [6.45, 7) is 13.5. The van der Waals surface area contributed by atoms with Crippen LogP contribution in [0.1, 0.15) is 47.5 Å². The first-order chi connectivity index (χ1) is 5.65. The Morgan fingerprint density at radius 3 is 1.75 bits per heavy atom. The Balaban J connectivity index is 0.000000561. The lowest BCUT2D eigenvalue weighted by Gasteiger charge is -2.37. The number of hydrogen-bond acceptors (Lipinski definition) is 1. The molecule has 1 heterocycles. The van der Waals surface area contributed by atoms with Gasteiger partial charge in [0.25, 0.3) is 0 Å². The van der Waals surface area contributed by atoms with E-state index in [0.717, 1.165) is 5.92 Å². The normalized spacial score (nSPS) is 21.5. The van der Waals surface area contributed by atoms with Crippen molar-refractivity contribution < 1.29 is 0 Å². The predicted molar refractivity (Wildman–Crippen MR) is 56.4 cm³/mol. The van der Waals surface area contributed by atoms with Gasteiger partial charge in [-0.25, -0.2) is 0 Å². The van der Waals surface area contributed by atoms with Crippen LogP contribution in [0.5, 0.6) is 0 Å². The molecular weight excluding hydrogens is 146 g/mol. The van der Waals surface area contributed by atoms with E-state index in [9.17, 15) is 0 Å². The van der Waals surface area contributed by atoms with Crippen LogP contribution in [0.3, 0.4) is 0 Å². The summed E-state index contributed by atoms with van der Waals surface area (Å²) in [5.74, 6) is 0.842. The van der Waals surface area contributed by atoms with Crippen LogP contribution in [0.2, 0.25) is 0 Å². The maximum Gasteiger partial charge on any atom is -0.00436 e. The summed E-state index contributed by atoms with van der Waals surface area (Å²) in [6, 6.07) is 0. The molecule has 74 valence electrons. The summed E-state index contributed by atoms with van der Waals surface area (Å²) in [6.07, 6.45) is 2.70. The van der Waals surface area contributed by atoms with Crippen molar-refractivity contribution >= 4 is 0 Å². The smallest absolute Gasteiger partial charge is 0.00436 e. The quantitative estimate of drug-likeness (QED) is 0.639. The molecule has 12 heavy (non-hydrogen) atoms. The zero-order chi connectivity index (χ0) is 9.61. The summed E-state index contributed by atoms with van der Waals surface area (Å²) in [5, 5.41) is 3.39. The Morgan fingerprint density at radius 2 is 1.50 bits per heavy atom. The van der Waals surface area contributed by atoms with E-state index < -0.39 is 0 Å². The van der Waals surface area contributed by atoms with E-state index in [1.807, 2.05) is 13.8 Å². The largest absolute Gasteiger partial charge is 0.317 e. The monoisotopic (exact) mass is 171 g/mol. The zero-order valence-electron chi connectivity index (χ0n) is 9.41. The molecular formula is C11H25N. The minimum absolute atomic E-state index is 0.616. The Kier molecular flexibility index (Phi) is 5.56. The van der Waals surface area contributed by atoms with Crippen molar-refractivity contribution in [1.29, 1.82) is 0 Å². The van der Waals surface area contributed by atoms with Crippen LogP contribution in [0.25, 0.3) is 0 Å². The van der Waals surface area contributed by atoms with Crippen molar-refractivity contribution in [3.8, 4) is 0 Å². The van der Waals surface area contributed by atoms with Crippen LogP contribution in [-0.2, 0) is 0 Å². The molecule has 0 bridgehead atoms. The lowest BCUT2D eigenvalue weighted by atomic mass is 9.72. The summed E-state index contributed by atoms with van der Waals surface area (Å²) < 4.78 is 0. The van der Waals surface area contributed by atoms with Crippen molar-refractivity contribution in [2.75, 3.05) is 13.1 Å². The van der Waals surface area contributed by atoms with E-state index in [4.69, 9.17) is 0 Å². The van der Waals surface area contributed by atoms with E-state index >= 15 is 0 Å². The molecule has 0 radical (unpaired) electrons. The van der Waals surface area contributed by atoms with Crippen molar-refractivity contribution in [2.45, 2.75) is 47.5 Å². The summed E-state index contributed by atoms with van der Waals surface area (Å²) in [4.78, 5) is 0. The molecule has 0 unspecified atom stereocenters. The molecule has 0 spiro atoms. The van der Waals surface area contributed by atoms with Crippen molar-refractivity contribution in [3.05, 3.63) is 0 Å². The summed E-state index contributed by atoms with van der Waals surface area (Å²) >= 11 is 0. The fourth-order valence-electron chi connectivity index (χ4n) is 1.58. The molecule has 1 nitrogen and oxygen atoms in total. The Morgan fingerprint density at radius 1 is 1.08 bits per heavy atom. The van der Waals surface area contributed by atoms with Crippen LogP contribution in [0, 0.1) is 11.3 Å². The fourth-order valence-corrected chi connectivity index (χ4v) is 1.58. The molecule has 0 amide bonds. The molecule has 1 rings (SSSR count). The lowest BCUT2D eigenvalue weighted by Crippen LogP contribution is -2.37. The Hall–Kier alpha value is -0.0400. The Labute approximate surface area is 77.9 Å². The highest BCUT2D eigenvalue weighted by molar-refractivity contribution is 4.82. The average Bonchev–Trinajstić information content (AvgIpc) is 2.09. The van der Waals surface area contributed by atoms with E-state index in [1.54, 1.807) is 0 Å². The maximum atomic E-state index is 3.39. The molecule has 0 saturated carbocycles. The fraction of sp³-hybridized carbons (Fsp3) is 1.00. The topological polar surface area (TPSA) is 12.0 Å². The van der Waals surface area contributed by atoms with Gasteiger partial charge in [0.1, 0.15) is 0 Å². The first-order valence-corrected chi connectivity index (χ1v) is 5.36. The third kappa shape index (κ3) is 3.14. The highest BCUT2D eigenvalue weighted by atomic mass is 14.9. The third-order valence-electron chi connectivity index (χ3n) is 3.14. The van der Waals surface area contributed by atoms with Gasteiger partial charge in [0.2, 0.25) is 0 Å². The van der Waals surface area contributed by atoms with E-state index in [0.29, 0.717) is 5.41 Å². The molecule has 1 fully saturated rings. The predicted octanol–water partition coefficient (Wildman–Crippen LogP) is 3.06. The Bertz CT molecular complexity index is 102. The number of piperidine rings is 1. The van der Waals surface area contributed by atoms with E-state index in [2.05, 4.69) is 26.1 Å². The van der Waals surface area contributed by atoms with Gasteiger partial charge >= 0.3 is 0 Å². The molecule has 1 aliphatic heterocycles. The van der Waals surface area contributed by atoms with Crippen LogP contribution in [-0.4, -0.2) is 13.1 Å². The van der Waals surface area contributed by atoms with Gasteiger partial charge in [-0.3, -0.25) is 0 Å². The molecule has 0 aromatic carbocycles. The number of rotatable bonds is 1. The van der Waals surface area contributed by atoms with Gasteiger partial charge in [0.15, 0.2) is 0 Å². The van der Waals surface area contributed by atoms with E-state index in [-0.39, 0.29) is 0 Å². The zero-order valence-corrected chi connectivity index (χ0v) is 9.41. The molecule has 1 saturated heterocycles. The van der Waals surface area contributed by atoms with Gasteiger partial charge in [-0.15, -0.1) is 0 Å². The minimum Gasteiger partial charge on any atom is -0.317 e. The standard InChI is InChI=1S/C9H19N.C2H6/c1-8(2)9(3)4-6-10-7-5-9;1-2/h8,10H,4-7H2,1-3H3;1-2H3. The molecule has 0 aliphatic carbocycles. The second-order valence-corrected chi connectivity index (χ2v) is 4.06. The average molecular weight is 171 g/mol. The van der Waals surface area contributed by atoms with Crippen LogP contribution in [0.4, 0.5) is 0 Å². The van der Waals surface area contributed by atoms with Gasteiger partial charge in [-0.1, -0.05) is 34.6 Å². The summed E-state index contributed by atoms with van der Waals surface area (Å²) in [5.41, 5.74) is 0.616. The SMILES string of the molecule is CC.CC(C)C1(C)CCNCC1. The second-order valence-electron chi connectivity index (χ2n) is 4.06. The second kappa shape index (κ2) is 5.58. The molecule has 1 aliphatic rings. The van der Waals surface area contributed by atoms with Crippen molar-refractivity contribution in [1.82, 2.24) is 5.32 Å². The van der Waals surface area contributed by atoms with Crippen LogP contribution < -0.4 is 5.32 Å². The third-order valence-corrected chi connectivity index (χ3v) is 3.14. The molecule has 1 N–H and O–H groups in total. The van der Waals surface area contributed by atoms with Gasteiger partial charge in [0, 0.05) is 0 Å². The van der Waals surface area contributed by atoms with E-state index in [1.165, 1.54) is 25.9 Å². The van der Waals surface area contributed by atoms with Crippen LogP contribution in [0.15, 0.2) is 0 Å². The maximum absolute atomic E-state index is 3.39. The molecule has 0 atom stereocenters. The molecule has 0 aromatic heterocycles. The van der Waals surface area contributed by atoms with Crippen molar-refractivity contribution in [2.24, 2.45) is 11.3 Å². The molecule has 1 heteroatoms. The first kappa shape index (κ1) is 12.0. The highest BCUT2D eigenvalue weighted by Crippen LogP contribution is 2.35. The number of hydrogen-bond donors (Lipinski definition) is 1. The van der Waals surface area contributed by atoms with Crippen LogP contribution >= 0.6 is 0 Å². The van der Waals surface area contributed by atoms with Gasteiger partial charge in [-0.05, 0) is 37.3 Å². The van der Waals surface area contributed by atoms with Crippen molar-refractivity contribution in [3.63, 3.8) is 0 Å². The first-order valence-electron chi connectivity index (χ1n) is 5.36. The highest BCUT2D eigenvalue weighted by Gasteiger charge is 2.29. The minimum atomic E-state index is 0.616. The molecule has 0 aromatic rings. The van der Waals surface area contributed by atoms with Gasteiger partial charge in [0.05, 0.1) is 0 Å².